The Morgan fingerprint density at radius 1 is 0.953 bits per heavy atom. The summed E-state index contributed by atoms with van der Waals surface area (Å²) in [5, 5.41) is 60.5. The van der Waals surface area contributed by atoms with Gasteiger partial charge in [-0.15, -0.1) is 0 Å². The highest BCUT2D eigenvalue weighted by atomic mass is 35.5. The first-order valence-corrected chi connectivity index (χ1v) is 14.5. The van der Waals surface area contributed by atoms with Gasteiger partial charge in [0.25, 0.3) is 0 Å². The zero-order valence-electron chi connectivity index (χ0n) is 25.0. The van der Waals surface area contributed by atoms with Gasteiger partial charge in [-0.05, 0) is 25.3 Å². The SMILES string of the molecule is CC(C=CC=CC(=O)OC1CC(C(=O)O)=CCC1O)=CC=CC=C(Cl)C(C)C(O)C(O)C(O)CC(O)C=CC=CC(C)C. The van der Waals surface area contributed by atoms with E-state index in [1.807, 2.05) is 26.8 Å². The molecule has 0 aromatic rings. The highest BCUT2D eigenvalue weighted by Gasteiger charge is 2.31. The number of aliphatic hydroxyl groups is 5. The third kappa shape index (κ3) is 15.3. The van der Waals surface area contributed by atoms with E-state index in [1.165, 1.54) is 24.3 Å². The molecule has 7 atom stereocenters. The van der Waals surface area contributed by atoms with Gasteiger partial charge in [0.1, 0.15) is 12.2 Å². The lowest BCUT2D eigenvalue weighted by Crippen LogP contribution is -2.42. The maximum Gasteiger partial charge on any atom is 0.331 e. The number of aliphatic carboxylic acids is 1. The van der Waals surface area contributed by atoms with Crippen LogP contribution in [-0.4, -0.2) is 79.2 Å². The van der Waals surface area contributed by atoms with E-state index in [1.54, 1.807) is 55.5 Å². The second kappa shape index (κ2) is 20.0. The minimum Gasteiger partial charge on any atom is -0.478 e. The van der Waals surface area contributed by atoms with Gasteiger partial charge in [0, 0.05) is 35.4 Å². The maximum atomic E-state index is 12.0. The number of ether oxygens (including phenoxy) is 1. The average Bonchev–Trinajstić information content (AvgIpc) is 2.95. The number of carboxylic acids is 1. The molecule has 0 radical (unpaired) electrons. The fraction of sp³-hybridized carbons (Fsp3) is 0.455. The van der Waals surface area contributed by atoms with Crippen molar-refractivity contribution in [3.8, 4) is 0 Å². The molecule has 9 nitrogen and oxygen atoms in total. The van der Waals surface area contributed by atoms with Crippen molar-refractivity contribution in [2.45, 2.75) is 83.6 Å². The first-order valence-electron chi connectivity index (χ1n) is 14.2. The van der Waals surface area contributed by atoms with Gasteiger partial charge in [0.05, 0.1) is 24.4 Å². The highest BCUT2D eigenvalue weighted by Crippen LogP contribution is 2.24. The lowest BCUT2D eigenvalue weighted by atomic mass is 9.93. The van der Waals surface area contributed by atoms with Crippen LogP contribution in [0, 0.1) is 11.8 Å². The number of aliphatic hydroxyl groups excluding tert-OH is 5. The van der Waals surface area contributed by atoms with Crippen molar-refractivity contribution >= 4 is 23.5 Å². The standard InChI is InChI=1S/C33H45ClO9/c1-21(2)11-5-8-14-25(35)20-28(37)32(40)31(39)23(4)26(34)15-9-6-12-22(3)13-7-10-16-30(38)43-29-19-24(33(41)42)17-18-27(29)36/h5-17,21,23,25,27-29,31-32,35-37,39-40H,18-20H2,1-4H3,(H,41,42). The van der Waals surface area contributed by atoms with Gasteiger partial charge in [-0.3, -0.25) is 0 Å². The molecule has 10 heteroatoms. The third-order valence-electron chi connectivity index (χ3n) is 6.54. The molecule has 238 valence electrons. The minimum atomic E-state index is -1.51. The molecule has 0 aromatic carbocycles. The molecule has 6 N–H and O–H groups in total. The predicted octanol–water partition coefficient (Wildman–Crippen LogP) is 4.04. The molecule has 1 aliphatic carbocycles. The second-order valence-electron chi connectivity index (χ2n) is 10.7. The maximum absolute atomic E-state index is 12.0. The molecule has 0 bridgehead atoms. The summed E-state index contributed by atoms with van der Waals surface area (Å²) in [5.41, 5.74) is 0.931. The molecule has 43 heavy (non-hydrogen) atoms. The van der Waals surface area contributed by atoms with Crippen LogP contribution in [0.25, 0.3) is 0 Å². The van der Waals surface area contributed by atoms with Crippen LogP contribution < -0.4 is 0 Å². The molecule has 0 heterocycles. The summed E-state index contributed by atoms with van der Waals surface area (Å²) >= 11 is 6.29. The van der Waals surface area contributed by atoms with Crippen molar-refractivity contribution in [1.82, 2.24) is 0 Å². The number of carboxylic acid groups (broad SMARTS) is 1. The predicted molar refractivity (Wildman–Crippen MR) is 167 cm³/mol. The highest BCUT2D eigenvalue weighted by molar-refractivity contribution is 6.30. The molecular formula is C33H45ClO9. The van der Waals surface area contributed by atoms with E-state index >= 15 is 0 Å². The number of hydrogen-bond acceptors (Lipinski definition) is 8. The lowest BCUT2D eigenvalue weighted by molar-refractivity contribution is -0.150. The minimum absolute atomic E-state index is 0.0578. The zero-order chi connectivity index (χ0) is 32.5. The Morgan fingerprint density at radius 3 is 2.23 bits per heavy atom. The molecule has 7 unspecified atom stereocenters. The Morgan fingerprint density at radius 2 is 1.58 bits per heavy atom. The summed E-state index contributed by atoms with van der Waals surface area (Å²) < 4.78 is 5.18. The van der Waals surface area contributed by atoms with Gasteiger partial charge in [-0.1, -0.05) is 105 Å². The van der Waals surface area contributed by atoms with Gasteiger partial charge in [0.15, 0.2) is 0 Å². The van der Waals surface area contributed by atoms with Crippen molar-refractivity contribution < 1.29 is 45.0 Å². The average molecular weight is 621 g/mol. The van der Waals surface area contributed by atoms with Gasteiger partial charge in [0.2, 0.25) is 0 Å². The Kier molecular flexibility index (Phi) is 17.7. The molecule has 0 saturated carbocycles. The molecule has 1 rings (SSSR count). The van der Waals surface area contributed by atoms with E-state index in [-0.39, 0.29) is 29.9 Å². The van der Waals surface area contributed by atoms with E-state index in [4.69, 9.17) is 21.4 Å². The normalized spacial score (nSPS) is 22.5. The number of rotatable bonds is 16. The fourth-order valence-electron chi connectivity index (χ4n) is 3.87. The van der Waals surface area contributed by atoms with E-state index in [9.17, 15) is 35.1 Å². The van der Waals surface area contributed by atoms with Crippen LogP contribution in [0.4, 0.5) is 0 Å². The molecule has 0 spiro atoms. The summed E-state index contributed by atoms with van der Waals surface area (Å²) in [6, 6.07) is 0. The van der Waals surface area contributed by atoms with Crippen LogP contribution in [0.3, 0.4) is 0 Å². The van der Waals surface area contributed by atoms with Crippen molar-refractivity contribution in [3.05, 3.63) is 95.2 Å². The summed E-state index contributed by atoms with van der Waals surface area (Å²) in [6.45, 7) is 7.47. The number of halogens is 1. The van der Waals surface area contributed by atoms with Crippen LogP contribution in [0.2, 0.25) is 0 Å². The van der Waals surface area contributed by atoms with Crippen LogP contribution >= 0.6 is 11.6 Å². The van der Waals surface area contributed by atoms with Crippen molar-refractivity contribution in [1.29, 1.82) is 0 Å². The monoisotopic (exact) mass is 620 g/mol. The summed E-state index contributed by atoms with van der Waals surface area (Å²) in [5.74, 6) is -2.12. The molecule has 1 aliphatic rings. The molecule has 0 aliphatic heterocycles. The quantitative estimate of drug-likeness (QED) is 0.0848. The van der Waals surface area contributed by atoms with Gasteiger partial charge < -0.3 is 35.4 Å². The Bertz CT molecular complexity index is 1140. The van der Waals surface area contributed by atoms with E-state index in [2.05, 4.69) is 0 Å². The number of carbonyl (C=O) groups is 2. The molecule has 0 aromatic heterocycles. The van der Waals surface area contributed by atoms with Crippen molar-refractivity contribution in [2.75, 3.05) is 0 Å². The summed E-state index contributed by atoms with van der Waals surface area (Å²) in [6.07, 6.45) is 13.8. The molecule has 0 amide bonds. The van der Waals surface area contributed by atoms with E-state index < -0.39 is 54.5 Å². The third-order valence-corrected chi connectivity index (χ3v) is 7.01. The summed E-state index contributed by atoms with van der Waals surface area (Å²) in [7, 11) is 0. The number of esters is 1. The Labute approximate surface area is 258 Å². The van der Waals surface area contributed by atoms with Gasteiger partial charge >= 0.3 is 11.9 Å². The number of hydrogen-bond donors (Lipinski definition) is 6. The first-order chi connectivity index (χ1) is 20.2. The second-order valence-corrected chi connectivity index (χ2v) is 11.2. The van der Waals surface area contributed by atoms with Crippen LogP contribution in [0.15, 0.2) is 95.2 Å². The van der Waals surface area contributed by atoms with Crippen LogP contribution in [0.5, 0.6) is 0 Å². The number of allylic oxidation sites excluding steroid dienone is 11. The first kappa shape index (κ1) is 38.0. The smallest absolute Gasteiger partial charge is 0.331 e. The van der Waals surface area contributed by atoms with Crippen LogP contribution in [-0.2, 0) is 14.3 Å². The van der Waals surface area contributed by atoms with E-state index in [0.717, 1.165) is 5.57 Å². The van der Waals surface area contributed by atoms with Gasteiger partial charge in [-0.25, -0.2) is 9.59 Å². The Hall–Kier alpha value is -3.05. The Balaban J connectivity index is 2.57. The topological polar surface area (TPSA) is 165 Å². The van der Waals surface area contributed by atoms with Crippen molar-refractivity contribution in [2.24, 2.45) is 11.8 Å². The van der Waals surface area contributed by atoms with E-state index in [0.29, 0.717) is 5.92 Å². The number of carbonyl (C=O) groups excluding carboxylic acids is 1. The zero-order valence-corrected chi connectivity index (χ0v) is 25.8. The molecule has 0 saturated heterocycles. The fourth-order valence-corrected chi connectivity index (χ4v) is 4.07. The van der Waals surface area contributed by atoms with Crippen LogP contribution in [0.1, 0.15) is 47.0 Å². The largest absolute Gasteiger partial charge is 0.478 e. The summed E-state index contributed by atoms with van der Waals surface area (Å²) in [4.78, 5) is 23.1. The molecule has 0 fully saturated rings. The van der Waals surface area contributed by atoms with Crippen molar-refractivity contribution in [3.63, 3.8) is 0 Å². The molecular weight excluding hydrogens is 576 g/mol. The van der Waals surface area contributed by atoms with Gasteiger partial charge in [-0.2, -0.15) is 0 Å². The lowest BCUT2D eigenvalue weighted by Gasteiger charge is -2.27.